The van der Waals surface area contributed by atoms with Gasteiger partial charge in [0, 0.05) is 24.6 Å². The van der Waals surface area contributed by atoms with E-state index in [9.17, 15) is 50.9 Å². The number of alkyl halides is 6. The summed E-state index contributed by atoms with van der Waals surface area (Å²) < 4.78 is 95.7. The van der Waals surface area contributed by atoms with E-state index < -0.39 is 72.2 Å². The zero-order valence-corrected chi connectivity index (χ0v) is 21.0. The largest absolute Gasteiger partial charge is 0.493 e. The Morgan fingerprint density at radius 1 is 0.900 bits per heavy atom. The SMILES string of the molecule is COC(=O)N(Cc1cc(C(F)(F)F)cc(C(F)(F)F)c1)[C@@H]1C[C@@H](C(=O)O)N(C(=O)O)c2cc(OC)c(OC)cc21. The Balaban J connectivity index is 2.26. The van der Waals surface area contributed by atoms with Crippen molar-refractivity contribution in [2.75, 3.05) is 26.2 Å². The number of halogens is 6. The number of hydrogen-bond acceptors (Lipinski definition) is 6. The van der Waals surface area contributed by atoms with Crippen molar-refractivity contribution in [2.24, 2.45) is 0 Å². The van der Waals surface area contributed by atoms with Crippen LogP contribution in [0.25, 0.3) is 0 Å². The molecule has 0 fully saturated rings. The molecule has 3 rings (SSSR count). The first-order valence-corrected chi connectivity index (χ1v) is 11.2. The highest BCUT2D eigenvalue weighted by atomic mass is 19.4. The van der Waals surface area contributed by atoms with Gasteiger partial charge in [0.15, 0.2) is 11.5 Å². The minimum Gasteiger partial charge on any atom is -0.493 e. The Kier molecular flexibility index (Phi) is 8.31. The minimum atomic E-state index is -5.16. The van der Waals surface area contributed by atoms with E-state index in [1.54, 1.807) is 0 Å². The molecule has 0 aliphatic carbocycles. The Bertz CT molecular complexity index is 1280. The van der Waals surface area contributed by atoms with Crippen LogP contribution >= 0.6 is 0 Å². The van der Waals surface area contributed by atoms with Gasteiger partial charge in [0.25, 0.3) is 0 Å². The first-order chi connectivity index (χ1) is 18.5. The van der Waals surface area contributed by atoms with E-state index in [2.05, 4.69) is 0 Å². The molecule has 1 aliphatic heterocycles. The Labute approximate surface area is 222 Å². The van der Waals surface area contributed by atoms with Gasteiger partial charge in [-0.05, 0) is 29.8 Å². The number of fused-ring (bicyclic) bond motifs is 1. The molecule has 218 valence electrons. The second-order valence-electron chi connectivity index (χ2n) is 8.54. The quantitative estimate of drug-likeness (QED) is 0.436. The van der Waals surface area contributed by atoms with Gasteiger partial charge in [-0.15, -0.1) is 0 Å². The van der Waals surface area contributed by atoms with Crippen LogP contribution in [-0.2, 0) is 28.4 Å². The summed E-state index contributed by atoms with van der Waals surface area (Å²) >= 11 is 0. The molecule has 10 nitrogen and oxygen atoms in total. The number of benzene rings is 2. The van der Waals surface area contributed by atoms with Crippen molar-refractivity contribution in [3.63, 3.8) is 0 Å². The monoisotopic (exact) mass is 580 g/mol. The molecule has 40 heavy (non-hydrogen) atoms. The van der Waals surface area contributed by atoms with Gasteiger partial charge in [-0.3, -0.25) is 9.80 Å². The van der Waals surface area contributed by atoms with Gasteiger partial charge in [-0.1, -0.05) is 0 Å². The lowest BCUT2D eigenvalue weighted by Crippen LogP contribution is -2.51. The number of nitrogens with zero attached hydrogens (tertiary/aromatic N) is 2. The average molecular weight is 580 g/mol. The lowest BCUT2D eigenvalue weighted by Gasteiger charge is -2.41. The number of anilines is 1. The number of carboxylic acid groups (broad SMARTS) is 2. The maximum absolute atomic E-state index is 13.4. The predicted molar refractivity (Wildman–Crippen MR) is 123 cm³/mol. The predicted octanol–water partition coefficient (Wildman–Crippen LogP) is 5.39. The summed E-state index contributed by atoms with van der Waals surface area (Å²) in [6.07, 6.45) is -13.9. The van der Waals surface area contributed by atoms with Crippen molar-refractivity contribution in [3.8, 4) is 11.5 Å². The Morgan fingerprint density at radius 3 is 1.85 bits per heavy atom. The molecule has 2 aromatic carbocycles. The third kappa shape index (κ3) is 5.94. The molecule has 0 saturated heterocycles. The number of aliphatic carboxylic acids is 1. The molecule has 0 unspecified atom stereocenters. The molecule has 0 bridgehead atoms. The molecule has 0 spiro atoms. The number of amides is 2. The van der Waals surface area contributed by atoms with Crippen molar-refractivity contribution in [1.29, 1.82) is 0 Å². The van der Waals surface area contributed by atoms with Crippen LogP contribution in [0.5, 0.6) is 11.5 Å². The molecular weight excluding hydrogens is 558 g/mol. The van der Waals surface area contributed by atoms with Crippen LogP contribution in [-0.4, -0.2) is 60.6 Å². The fourth-order valence-electron chi connectivity index (χ4n) is 4.44. The van der Waals surface area contributed by atoms with Crippen LogP contribution in [0.3, 0.4) is 0 Å². The van der Waals surface area contributed by atoms with Crippen molar-refractivity contribution in [3.05, 3.63) is 52.6 Å². The fourth-order valence-corrected chi connectivity index (χ4v) is 4.44. The Morgan fingerprint density at radius 2 is 1.43 bits per heavy atom. The molecule has 1 heterocycles. The highest BCUT2D eigenvalue weighted by Gasteiger charge is 2.45. The summed E-state index contributed by atoms with van der Waals surface area (Å²) in [5.41, 5.74) is -4.15. The van der Waals surface area contributed by atoms with E-state index in [0.29, 0.717) is 17.0 Å². The molecule has 2 aromatic rings. The van der Waals surface area contributed by atoms with Crippen LogP contribution < -0.4 is 14.4 Å². The minimum absolute atomic E-state index is 0.0189. The first kappa shape index (κ1) is 30.2. The highest BCUT2D eigenvalue weighted by molar-refractivity contribution is 5.96. The number of methoxy groups -OCH3 is 3. The topological polar surface area (TPSA) is 126 Å². The zero-order valence-electron chi connectivity index (χ0n) is 21.0. The van der Waals surface area contributed by atoms with E-state index in [4.69, 9.17) is 14.2 Å². The standard InChI is InChI=1S/C24H22F6N2O8/c1-38-18-7-14-15(8-17(20(33)34)32(21(35)36)16(14)9-19(18)39-2)31(22(37)40-3)10-11-4-12(23(25,26)27)6-13(5-11)24(28,29)30/h4-7,9,15,17H,8,10H2,1-3H3,(H,33,34)(H,35,36)/t15-,17+/m1/s1. The van der Waals surface area contributed by atoms with Gasteiger partial charge in [0.1, 0.15) is 6.04 Å². The lowest BCUT2D eigenvalue weighted by molar-refractivity contribution is -0.143. The summed E-state index contributed by atoms with van der Waals surface area (Å²) in [7, 11) is 3.35. The summed E-state index contributed by atoms with van der Waals surface area (Å²) in [5.74, 6) is -1.63. The number of carboxylic acids is 1. The summed E-state index contributed by atoms with van der Waals surface area (Å²) in [4.78, 5) is 38.3. The van der Waals surface area contributed by atoms with Crippen molar-refractivity contribution in [2.45, 2.75) is 37.4 Å². The van der Waals surface area contributed by atoms with E-state index in [-0.39, 0.29) is 28.8 Å². The zero-order chi connectivity index (χ0) is 30.2. The molecule has 2 amide bonds. The van der Waals surface area contributed by atoms with Crippen molar-refractivity contribution in [1.82, 2.24) is 4.90 Å². The van der Waals surface area contributed by atoms with E-state index >= 15 is 0 Å². The van der Waals surface area contributed by atoms with Crippen LogP contribution in [0.2, 0.25) is 0 Å². The lowest BCUT2D eigenvalue weighted by atomic mass is 9.89. The third-order valence-electron chi connectivity index (χ3n) is 6.19. The molecule has 2 atom stereocenters. The highest BCUT2D eigenvalue weighted by Crippen LogP contribution is 2.47. The normalized spacial score (nSPS) is 17.1. The van der Waals surface area contributed by atoms with Gasteiger partial charge < -0.3 is 24.4 Å². The van der Waals surface area contributed by atoms with Crippen LogP contribution in [0.4, 0.5) is 41.6 Å². The maximum atomic E-state index is 13.4. The molecule has 16 heteroatoms. The second kappa shape index (κ2) is 11.0. The second-order valence-corrected chi connectivity index (χ2v) is 8.54. The van der Waals surface area contributed by atoms with Gasteiger partial charge in [-0.2, -0.15) is 26.3 Å². The number of carbonyl (C=O) groups excluding carboxylic acids is 1. The van der Waals surface area contributed by atoms with E-state index in [1.165, 1.54) is 20.3 Å². The molecule has 1 aliphatic rings. The molecule has 0 aromatic heterocycles. The van der Waals surface area contributed by atoms with Gasteiger partial charge in [0.05, 0.1) is 44.2 Å². The average Bonchev–Trinajstić information content (AvgIpc) is 2.88. The molecule has 2 N–H and O–H groups in total. The van der Waals surface area contributed by atoms with Crippen LogP contribution in [0.1, 0.15) is 34.7 Å². The fraction of sp³-hybridized carbons (Fsp3) is 0.375. The van der Waals surface area contributed by atoms with Crippen molar-refractivity contribution >= 4 is 23.8 Å². The summed E-state index contributed by atoms with van der Waals surface area (Å²) in [5, 5.41) is 19.6. The number of rotatable bonds is 6. The summed E-state index contributed by atoms with van der Waals surface area (Å²) in [6.45, 7) is -0.891. The van der Waals surface area contributed by atoms with E-state index in [0.717, 1.165) is 18.1 Å². The first-order valence-electron chi connectivity index (χ1n) is 11.2. The van der Waals surface area contributed by atoms with Gasteiger partial charge in [0.2, 0.25) is 0 Å². The number of ether oxygens (including phenoxy) is 3. The van der Waals surface area contributed by atoms with E-state index in [1.807, 2.05) is 0 Å². The smallest absolute Gasteiger partial charge is 0.416 e. The number of carbonyl (C=O) groups is 3. The summed E-state index contributed by atoms with van der Waals surface area (Å²) in [6, 6.07) is -0.0919. The molecule has 0 radical (unpaired) electrons. The van der Waals surface area contributed by atoms with Crippen LogP contribution in [0, 0.1) is 0 Å². The molecular formula is C24H22F6N2O8. The molecule has 0 saturated carbocycles. The van der Waals surface area contributed by atoms with Crippen molar-refractivity contribution < 1.29 is 65.1 Å². The van der Waals surface area contributed by atoms with Gasteiger partial charge >= 0.3 is 30.5 Å². The van der Waals surface area contributed by atoms with Crippen LogP contribution in [0.15, 0.2) is 30.3 Å². The van der Waals surface area contributed by atoms with Gasteiger partial charge in [-0.25, -0.2) is 14.4 Å². The number of hydrogen-bond donors (Lipinski definition) is 2. The third-order valence-corrected chi connectivity index (χ3v) is 6.19. The Hall–Kier alpha value is -4.37. The maximum Gasteiger partial charge on any atom is 0.416 e.